The predicted molar refractivity (Wildman–Crippen MR) is 92.2 cm³/mol. The lowest BCUT2D eigenvalue weighted by Crippen LogP contribution is -2.47. The maximum atomic E-state index is 12.5. The number of amides is 1. The summed E-state index contributed by atoms with van der Waals surface area (Å²) in [7, 11) is 0. The molecule has 0 unspecified atom stereocenters. The van der Waals surface area contributed by atoms with Crippen LogP contribution in [0.2, 0.25) is 0 Å². The zero-order valence-corrected chi connectivity index (χ0v) is 14.0. The molecule has 1 aliphatic heterocycles. The highest BCUT2D eigenvalue weighted by atomic mass is 16.2. The number of nitrogens with two attached hydrogens (primary N) is 1. The van der Waals surface area contributed by atoms with Gasteiger partial charge in [0.25, 0.3) is 0 Å². The van der Waals surface area contributed by atoms with E-state index < -0.39 is 0 Å². The van der Waals surface area contributed by atoms with Crippen LogP contribution in [-0.2, 0) is 4.79 Å². The molecule has 0 spiro atoms. The van der Waals surface area contributed by atoms with E-state index in [2.05, 4.69) is 27.3 Å². The van der Waals surface area contributed by atoms with Crippen molar-refractivity contribution in [3.8, 4) is 0 Å². The summed E-state index contributed by atoms with van der Waals surface area (Å²) in [5, 5.41) is 3.27. The summed E-state index contributed by atoms with van der Waals surface area (Å²) < 4.78 is 0. The van der Waals surface area contributed by atoms with Gasteiger partial charge in [-0.2, -0.15) is 0 Å². The molecule has 2 aliphatic rings. The van der Waals surface area contributed by atoms with Gasteiger partial charge in [0.15, 0.2) is 0 Å². The Labute approximate surface area is 138 Å². The minimum atomic E-state index is 0.136. The second-order valence-electron chi connectivity index (χ2n) is 6.94. The Morgan fingerprint density at radius 1 is 1.30 bits per heavy atom. The first-order valence-electron chi connectivity index (χ1n) is 8.86. The van der Waals surface area contributed by atoms with Crippen molar-refractivity contribution < 1.29 is 4.79 Å². The molecule has 0 radical (unpaired) electrons. The van der Waals surface area contributed by atoms with Gasteiger partial charge in [0, 0.05) is 30.7 Å². The van der Waals surface area contributed by atoms with E-state index in [1.165, 1.54) is 0 Å². The number of nitrogens with zero attached hydrogens (tertiary/aromatic N) is 2. The fourth-order valence-corrected chi connectivity index (χ4v) is 3.93. The smallest absolute Gasteiger partial charge is 0.223 e. The van der Waals surface area contributed by atoms with E-state index in [0.29, 0.717) is 18.5 Å². The number of carbonyl (C=O) groups excluding carboxylic acids is 1. The summed E-state index contributed by atoms with van der Waals surface area (Å²) in [6.07, 6.45) is 5.21. The molecule has 3 rings (SSSR count). The van der Waals surface area contributed by atoms with Crippen molar-refractivity contribution in [3.63, 3.8) is 0 Å². The molecule has 3 N–H and O–H groups in total. The van der Waals surface area contributed by atoms with Gasteiger partial charge in [-0.05, 0) is 57.2 Å². The Kier molecular flexibility index (Phi) is 5.16. The van der Waals surface area contributed by atoms with Crippen molar-refractivity contribution in [1.29, 1.82) is 0 Å². The van der Waals surface area contributed by atoms with Crippen LogP contribution in [0.3, 0.4) is 0 Å². The van der Waals surface area contributed by atoms with E-state index in [9.17, 15) is 4.79 Å². The molecule has 0 aromatic carbocycles. The number of pyridine rings is 1. The van der Waals surface area contributed by atoms with Gasteiger partial charge in [-0.1, -0.05) is 12.5 Å². The standard InChI is InChI=1S/C18H28N4O/c1-13-4-2-7-17(20-13)22-10-8-15(9-11-22)21-18(23)16-6-3-5-14(16)12-19/h2,4,7,14-16H,3,5-6,8-12,19H2,1H3,(H,21,23)/t14-,16-/m1/s1. The van der Waals surface area contributed by atoms with Gasteiger partial charge in [0.1, 0.15) is 5.82 Å². The van der Waals surface area contributed by atoms with Crippen LogP contribution in [0.25, 0.3) is 0 Å². The molecule has 1 aromatic heterocycles. The first-order chi connectivity index (χ1) is 11.2. The highest BCUT2D eigenvalue weighted by Gasteiger charge is 2.33. The highest BCUT2D eigenvalue weighted by Crippen LogP contribution is 2.31. The predicted octanol–water partition coefficient (Wildman–Crippen LogP) is 1.85. The molecule has 2 fully saturated rings. The summed E-state index contributed by atoms with van der Waals surface area (Å²) in [5.41, 5.74) is 6.84. The lowest BCUT2D eigenvalue weighted by atomic mass is 9.94. The number of hydrogen-bond donors (Lipinski definition) is 2. The average molecular weight is 316 g/mol. The molecule has 0 bridgehead atoms. The van der Waals surface area contributed by atoms with Crippen molar-refractivity contribution in [2.75, 3.05) is 24.5 Å². The number of rotatable bonds is 4. The summed E-state index contributed by atoms with van der Waals surface area (Å²) in [6, 6.07) is 6.43. The third kappa shape index (κ3) is 3.83. The van der Waals surface area contributed by atoms with Crippen LogP contribution < -0.4 is 16.0 Å². The van der Waals surface area contributed by atoms with Gasteiger partial charge < -0.3 is 16.0 Å². The Morgan fingerprint density at radius 3 is 2.78 bits per heavy atom. The van der Waals surface area contributed by atoms with Crippen LogP contribution in [0.15, 0.2) is 18.2 Å². The molecule has 1 saturated carbocycles. The Hall–Kier alpha value is -1.62. The monoisotopic (exact) mass is 316 g/mol. The molecule has 126 valence electrons. The first kappa shape index (κ1) is 16.2. The van der Waals surface area contributed by atoms with E-state index in [1.807, 2.05) is 13.0 Å². The number of nitrogens with one attached hydrogen (secondary N) is 1. The number of carbonyl (C=O) groups is 1. The minimum absolute atomic E-state index is 0.136. The number of aromatic nitrogens is 1. The van der Waals surface area contributed by atoms with Gasteiger partial charge in [-0.15, -0.1) is 0 Å². The van der Waals surface area contributed by atoms with Crippen molar-refractivity contribution in [1.82, 2.24) is 10.3 Å². The van der Waals surface area contributed by atoms with E-state index in [-0.39, 0.29) is 11.8 Å². The molecule has 1 amide bonds. The quantitative estimate of drug-likeness (QED) is 0.889. The number of anilines is 1. The van der Waals surface area contributed by atoms with Crippen molar-refractivity contribution in [2.24, 2.45) is 17.6 Å². The normalized spacial score (nSPS) is 25.6. The van der Waals surface area contributed by atoms with Gasteiger partial charge in [-0.25, -0.2) is 4.98 Å². The molecule has 5 heteroatoms. The summed E-state index contributed by atoms with van der Waals surface area (Å²) in [5.74, 6) is 1.79. The molecule has 1 aliphatic carbocycles. The van der Waals surface area contributed by atoms with Crippen LogP contribution in [0, 0.1) is 18.8 Å². The molecule has 1 aromatic rings. The third-order valence-corrected chi connectivity index (χ3v) is 5.34. The fraction of sp³-hybridized carbons (Fsp3) is 0.667. The molecule has 2 atom stereocenters. The minimum Gasteiger partial charge on any atom is -0.356 e. The number of piperidine rings is 1. The van der Waals surface area contributed by atoms with E-state index in [1.54, 1.807) is 0 Å². The van der Waals surface area contributed by atoms with Gasteiger partial charge in [-0.3, -0.25) is 4.79 Å². The topological polar surface area (TPSA) is 71.2 Å². The summed E-state index contributed by atoms with van der Waals surface area (Å²) in [4.78, 5) is 19.4. The lowest BCUT2D eigenvalue weighted by molar-refractivity contribution is -0.126. The van der Waals surface area contributed by atoms with Crippen LogP contribution in [-0.4, -0.2) is 36.6 Å². The molecular formula is C18H28N4O. The number of aryl methyl sites for hydroxylation is 1. The maximum Gasteiger partial charge on any atom is 0.223 e. The molecule has 5 nitrogen and oxygen atoms in total. The van der Waals surface area contributed by atoms with Gasteiger partial charge in [0.2, 0.25) is 5.91 Å². The second kappa shape index (κ2) is 7.30. The van der Waals surface area contributed by atoms with Crippen LogP contribution in [0.1, 0.15) is 37.8 Å². The first-order valence-corrected chi connectivity index (χ1v) is 8.86. The van der Waals surface area contributed by atoms with Crippen molar-refractivity contribution in [2.45, 2.75) is 45.1 Å². The number of hydrogen-bond acceptors (Lipinski definition) is 4. The van der Waals surface area contributed by atoms with Gasteiger partial charge >= 0.3 is 0 Å². The van der Waals surface area contributed by atoms with E-state index in [4.69, 9.17) is 5.73 Å². The Morgan fingerprint density at radius 2 is 2.09 bits per heavy atom. The third-order valence-electron chi connectivity index (χ3n) is 5.34. The van der Waals surface area contributed by atoms with Crippen LogP contribution >= 0.6 is 0 Å². The van der Waals surface area contributed by atoms with Crippen molar-refractivity contribution in [3.05, 3.63) is 23.9 Å². The summed E-state index contributed by atoms with van der Waals surface area (Å²) >= 11 is 0. The average Bonchev–Trinajstić information content (AvgIpc) is 3.04. The molecule has 23 heavy (non-hydrogen) atoms. The Balaban J connectivity index is 1.50. The molecule has 2 heterocycles. The maximum absolute atomic E-state index is 12.5. The highest BCUT2D eigenvalue weighted by molar-refractivity contribution is 5.79. The Bertz CT molecular complexity index is 540. The van der Waals surface area contributed by atoms with E-state index in [0.717, 1.165) is 56.7 Å². The molecule has 1 saturated heterocycles. The SMILES string of the molecule is Cc1cccc(N2CCC(NC(=O)[C@@H]3CCC[C@@H]3CN)CC2)n1. The van der Waals surface area contributed by atoms with Crippen molar-refractivity contribution >= 4 is 11.7 Å². The van der Waals surface area contributed by atoms with E-state index >= 15 is 0 Å². The summed E-state index contributed by atoms with van der Waals surface area (Å²) in [6.45, 7) is 4.56. The van der Waals surface area contributed by atoms with Crippen LogP contribution in [0.4, 0.5) is 5.82 Å². The van der Waals surface area contributed by atoms with Crippen LogP contribution in [0.5, 0.6) is 0 Å². The lowest BCUT2D eigenvalue weighted by Gasteiger charge is -2.34. The zero-order valence-electron chi connectivity index (χ0n) is 14.0. The second-order valence-corrected chi connectivity index (χ2v) is 6.94. The molecular weight excluding hydrogens is 288 g/mol. The zero-order chi connectivity index (χ0) is 16.2. The fourth-order valence-electron chi connectivity index (χ4n) is 3.93. The largest absolute Gasteiger partial charge is 0.356 e. The van der Waals surface area contributed by atoms with Gasteiger partial charge in [0.05, 0.1) is 0 Å².